The number of benzene rings is 3. The second-order valence-corrected chi connectivity index (χ2v) is 8.13. The van der Waals surface area contributed by atoms with Gasteiger partial charge in [-0.2, -0.15) is 0 Å². The highest BCUT2D eigenvalue weighted by molar-refractivity contribution is 6.35. The van der Waals surface area contributed by atoms with Gasteiger partial charge < -0.3 is 19.7 Å². The van der Waals surface area contributed by atoms with Crippen LogP contribution in [0.3, 0.4) is 0 Å². The highest BCUT2D eigenvalue weighted by Crippen LogP contribution is 2.36. The SMILES string of the molecule is Cc1ccccc1CN1C(=O)COc2ccc(NC(=O)COc3ccc(Cl)cc3Cl)cc21. The molecule has 0 spiro atoms. The summed E-state index contributed by atoms with van der Waals surface area (Å²) in [5, 5.41) is 3.58. The molecule has 0 bridgehead atoms. The average Bonchev–Trinajstić information content (AvgIpc) is 2.76. The van der Waals surface area contributed by atoms with Crippen LogP contribution in [0.15, 0.2) is 60.7 Å². The fourth-order valence-corrected chi connectivity index (χ4v) is 3.81. The number of hydrogen-bond acceptors (Lipinski definition) is 4. The molecule has 0 radical (unpaired) electrons. The van der Waals surface area contributed by atoms with Crippen LogP contribution in [0.25, 0.3) is 0 Å². The van der Waals surface area contributed by atoms with E-state index in [0.29, 0.717) is 39.5 Å². The molecule has 3 aromatic rings. The Morgan fingerprint density at radius 3 is 2.72 bits per heavy atom. The zero-order valence-corrected chi connectivity index (χ0v) is 18.7. The number of hydrogen-bond donors (Lipinski definition) is 1. The van der Waals surface area contributed by atoms with Crippen LogP contribution in [-0.4, -0.2) is 25.0 Å². The molecule has 6 nitrogen and oxygen atoms in total. The first-order valence-corrected chi connectivity index (χ1v) is 10.7. The molecule has 0 saturated carbocycles. The predicted molar refractivity (Wildman–Crippen MR) is 125 cm³/mol. The van der Waals surface area contributed by atoms with Gasteiger partial charge in [0, 0.05) is 10.7 Å². The Bertz CT molecular complexity index is 1180. The third-order valence-electron chi connectivity index (χ3n) is 5.03. The normalized spacial score (nSPS) is 12.7. The number of aryl methyl sites for hydroxylation is 1. The molecule has 1 heterocycles. The number of anilines is 2. The summed E-state index contributed by atoms with van der Waals surface area (Å²) in [6.07, 6.45) is 0. The third-order valence-corrected chi connectivity index (χ3v) is 5.56. The fourth-order valence-electron chi connectivity index (χ4n) is 3.34. The van der Waals surface area contributed by atoms with Gasteiger partial charge in [0.05, 0.1) is 17.3 Å². The van der Waals surface area contributed by atoms with Crippen molar-refractivity contribution in [3.8, 4) is 11.5 Å². The molecule has 1 aliphatic rings. The van der Waals surface area contributed by atoms with Gasteiger partial charge in [-0.05, 0) is 54.4 Å². The summed E-state index contributed by atoms with van der Waals surface area (Å²) in [6.45, 7) is 2.16. The summed E-state index contributed by atoms with van der Waals surface area (Å²) >= 11 is 11.9. The van der Waals surface area contributed by atoms with Gasteiger partial charge >= 0.3 is 0 Å². The molecule has 0 saturated heterocycles. The first kappa shape index (κ1) is 22.0. The molecule has 0 aliphatic carbocycles. The maximum Gasteiger partial charge on any atom is 0.265 e. The standard InChI is InChI=1S/C24H20Cl2N2O4/c1-15-4-2-3-5-16(15)12-28-20-11-18(7-9-22(20)32-14-24(28)30)27-23(29)13-31-21-8-6-17(25)10-19(21)26/h2-11H,12-14H2,1H3,(H,27,29). The number of carbonyl (C=O) groups is 2. The lowest BCUT2D eigenvalue weighted by Gasteiger charge is -2.30. The molecule has 0 unspecified atom stereocenters. The van der Waals surface area contributed by atoms with E-state index >= 15 is 0 Å². The van der Waals surface area contributed by atoms with Crippen molar-refractivity contribution in [3.63, 3.8) is 0 Å². The molecule has 1 aliphatic heterocycles. The van der Waals surface area contributed by atoms with Crippen LogP contribution < -0.4 is 19.7 Å². The van der Waals surface area contributed by atoms with Crippen LogP contribution in [0.2, 0.25) is 10.0 Å². The van der Waals surface area contributed by atoms with Gasteiger partial charge in [-0.3, -0.25) is 9.59 Å². The van der Waals surface area contributed by atoms with Gasteiger partial charge in [-0.25, -0.2) is 0 Å². The largest absolute Gasteiger partial charge is 0.482 e. The monoisotopic (exact) mass is 470 g/mol. The van der Waals surface area contributed by atoms with Crippen LogP contribution >= 0.6 is 23.2 Å². The molecular weight excluding hydrogens is 451 g/mol. The second-order valence-electron chi connectivity index (χ2n) is 7.29. The molecular formula is C24H20Cl2N2O4. The molecule has 0 fully saturated rings. The number of rotatable bonds is 6. The van der Waals surface area contributed by atoms with E-state index in [0.717, 1.165) is 11.1 Å². The van der Waals surface area contributed by atoms with Crippen molar-refractivity contribution >= 4 is 46.4 Å². The van der Waals surface area contributed by atoms with Crippen LogP contribution in [-0.2, 0) is 16.1 Å². The summed E-state index contributed by atoms with van der Waals surface area (Å²) < 4.78 is 11.0. The minimum Gasteiger partial charge on any atom is -0.482 e. The predicted octanol–water partition coefficient (Wildman–Crippen LogP) is 5.24. The van der Waals surface area contributed by atoms with Crippen molar-refractivity contribution in [3.05, 3.63) is 81.8 Å². The van der Waals surface area contributed by atoms with Crippen LogP contribution in [0.4, 0.5) is 11.4 Å². The lowest BCUT2D eigenvalue weighted by molar-refractivity contribution is -0.121. The summed E-state index contributed by atoms with van der Waals surface area (Å²) in [5.74, 6) is 0.426. The highest BCUT2D eigenvalue weighted by atomic mass is 35.5. The molecule has 0 aromatic heterocycles. The number of amides is 2. The fraction of sp³-hybridized carbons (Fsp3) is 0.167. The zero-order chi connectivity index (χ0) is 22.7. The minimum absolute atomic E-state index is 0.0275. The number of ether oxygens (including phenoxy) is 2. The second kappa shape index (κ2) is 9.51. The van der Waals surface area contributed by atoms with Gasteiger partial charge in [0.15, 0.2) is 13.2 Å². The van der Waals surface area contributed by atoms with Gasteiger partial charge in [0.25, 0.3) is 11.8 Å². The Kier molecular flexibility index (Phi) is 6.53. The van der Waals surface area contributed by atoms with E-state index in [-0.39, 0.29) is 25.0 Å². The number of fused-ring (bicyclic) bond motifs is 1. The van der Waals surface area contributed by atoms with Crippen LogP contribution in [0.5, 0.6) is 11.5 Å². The molecule has 1 N–H and O–H groups in total. The minimum atomic E-state index is -0.371. The van der Waals surface area contributed by atoms with Crippen molar-refractivity contribution in [1.82, 2.24) is 0 Å². The van der Waals surface area contributed by atoms with E-state index in [2.05, 4.69) is 5.32 Å². The Hall–Kier alpha value is -3.22. The van der Waals surface area contributed by atoms with Gasteiger partial charge in [-0.15, -0.1) is 0 Å². The average molecular weight is 471 g/mol. The smallest absolute Gasteiger partial charge is 0.265 e. The van der Waals surface area contributed by atoms with Crippen LogP contribution in [0, 0.1) is 6.92 Å². The maximum absolute atomic E-state index is 12.6. The Morgan fingerprint density at radius 1 is 1.12 bits per heavy atom. The lowest BCUT2D eigenvalue weighted by Crippen LogP contribution is -2.38. The molecule has 164 valence electrons. The van der Waals surface area contributed by atoms with E-state index in [1.807, 2.05) is 31.2 Å². The van der Waals surface area contributed by atoms with E-state index in [4.69, 9.17) is 32.7 Å². The number of nitrogens with zero attached hydrogens (tertiary/aromatic N) is 1. The molecule has 8 heteroatoms. The molecule has 0 atom stereocenters. The highest BCUT2D eigenvalue weighted by Gasteiger charge is 2.26. The third kappa shape index (κ3) is 4.98. The Morgan fingerprint density at radius 2 is 1.94 bits per heavy atom. The summed E-state index contributed by atoms with van der Waals surface area (Å²) in [4.78, 5) is 26.7. The maximum atomic E-state index is 12.6. The molecule has 4 rings (SSSR count). The van der Waals surface area contributed by atoms with Crippen molar-refractivity contribution in [2.45, 2.75) is 13.5 Å². The molecule has 2 amide bonds. The summed E-state index contributed by atoms with van der Waals surface area (Å²) in [7, 11) is 0. The van der Waals surface area contributed by atoms with Crippen LogP contribution in [0.1, 0.15) is 11.1 Å². The van der Waals surface area contributed by atoms with E-state index in [1.54, 1.807) is 41.3 Å². The van der Waals surface area contributed by atoms with Crippen molar-refractivity contribution < 1.29 is 19.1 Å². The topological polar surface area (TPSA) is 67.9 Å². The Balaban J connectivity index is 1.48. The van der Waals surface area contributed by atoms with E-state index in [9.17, 15) is 9.59 Å². The van der Waals surface area contributed by atoms with E-state index < -0.39 is 0 Å². The first-order chi connectivity index (χ1) is 15.4. The summed E-state index contributed by atoms with van der Waals surface area (Å²) in [6, 6.07) is 17.8. The van der Waals surface area contributed by atoms with Gasteiger partial charge in [-0.1, -0.05) is 47.5 Å². The number of halogens is 2. The van der Waals surface area contributed by atoms with Crippen molar-refractivity contribution in [1.29, 1.82) is 0 Å². The van der Waals surface area contributed by atoms with Crippen molar-refractivity contribution in [2.24, 2.45) is 0 Å². The number of nitrogens with one attached hydrogen (secondary N) is 1. The zero-order valence-electron chi connectivity index (χ0n) is 17.2. The van der Waals surface area contributed by atoms with Gasteiger partial charge in [0.1, 0.15) is 11.5 Å². The quantitative estimate of drug-likeness (QED) is 0.534. The van der Waals surface area contributed by atoms with Crippen molar-refractivity contribution in [2.75, 3.05) is 23.4 Å². The molecule has 3 aromatic carbocycles. The van der Waals surface area contributed by atoms with Gasteiger partial charge in [0.2, 0.25) is 0 Å². The summed E-state index contributed by atoms with van der Waals surface area (Å²) in [5.41, 5.74) is 3.25. The lowest BCUT2D eigenvalue weighted by atomic mass is 10.1. The van der Waals surface area contributed by atoms with E-state index in [1.165, 1.54) is 0 Å². The number of carbonyl (C=O) groups excluding carboxylic acids is 2. The molecule has 32 heavy (non-hydrogen) atoms. The Labute approximate surface area is 195 Å². The first-order valence-electron chi connectivity index (χ1n) is 9.90.